The molecule has 0 fully saturated rings. The largest absolute Gasteiger partial charge is 0.384 e. The molecular formula is C12H16ClNO. The Kier molecular flexibility index (Phi) is 2.98. The molecule has 1 aliphatic carbocycles. The Morgan fingerprint density at radius 2 is 2.33 bits per heavy atom. The first kappa shape index (κ1) is 10.9. The zero-order valence-corrected chi connectivity index (χ0v) is 9.72. The molecule has 82 valence electrons. The van der Waals surface area contributed by atoms with E-state index in [0.29, 0.717) is 5.15 Å². The Morgan fingerprint density at radius 3 is 3.07 bits per heavy atom. The van der Waals surface area contributed by atoms with Crippen molar-refractivity contribution in [2.75, 3.05) is 0 Å². The normalized spacial score (nSPS) is 25.0. The van der Waals surface area contributed by atoms with Gasteiger partial charge in [0.25, 0.3) is 0 Å². The molecule has 1 atom stereocenters. The molecule has 0 saturated heterocycles. The summed E-state index contributed by atoms with van der Waals surface area (Å²) in [5, 5.41) is 11.0. The first-order valence-electron chi connectivity index (χ1n) is 5.54. The van der Waals surface area contributed by atoms with E-state index in [1.54, 1.807) is 6.07 Å². The van der Waals surface area contributed by atoms with Gasteiger partial charge >= 0.3 is 0 Å². The highest BCUT2D eigenvalue weighted by Crippen LogP contribution is 2.37. The van der Waals surface area contributed by atoms with Gasteiger partial charge in [-0.25, -0.2) is 4.98 Å². The lowest BCUT2D eigenvalue weighted by Gasteiger charge is -2.33. The molecule has 1 aliphatic rings. The van der Waals surface area contributed by atoms with E-state index in [1.807, 2.05) is 6.07 Å². The van der Waals surface area contributed by atoms with Crippen LogP contribution in [0.4, 0.5) is 0 Å². The van der Waals surface area contributed by atoms with Gasteiger partial charge in [-0.2, -0.15) is 0 Å². The molecule has 1 unspecified atom stereocenters. The molecule has 0 aliphatic heterocycles. The molecule has 0 aromatic carbocycles. The molecular weight excluding hydrogens is 210 g/mol. The summed E-state index contributed by atoms with van der Waals surface area (Å²) in [6.07, 6.45) is 4.58. The molecule has 1 aromatic heterocycles. The van der Waals surface area contributed by atoms with Crippen LogP contribution < -0.4 is 0 Å². The van der Waals surface area contributed by atoms with Crippen molar-refractivity contribution in [2.45, 2.75) is 44.6 Å². The molecule has 2 rings (SSSR count). The van der Waals surface area contributed by atoms with Crippen molar-refractivity contribution >= 4 is 11.6 Å². The van der Waals surface area contributed by atoms with Gasteiger partial charge in [0.2, 0.25) is 0 Å². The Balaban J connectivity index is 2.44. The number of pyridine rings is 1. The molecule has 0 radical (unpaired) electrons. The number of rotatable bonds is 2. The van der Waals surface area contributed by atoms with Gasteiger partial charge in [-0.1, -0.05) is 31.0 Å². The van der Waals surface area contributed by atoms with Gasteiger partial charge in [0.1, 0.15) is 10.8 Å². The maximum absolute atomic E-state index is 10.5. The second-order valence-electron chi connectivity index (χ2n) is 4.28. The van der Waals surface area contributed by atoms with E-state index < -0.39 is 5.60 Å². The number of halogens is 1. The number of nitrogens with zero attached hydrogens (tertiary/aromatic N) is 1. The monoisotopic (exact) mass is 225 g/mol. The predicted molar refractivity (Wildman–Crippen MR) is 61.0 cm³/mol. The van der Waals surface area contributed by atoms with Crippen molar-refractivity contribution in [3.8, 4) is 0 Å². The van der Waals surface area contributed by atoms with Gasteiger partial charge in [-0.05, 0) is 37.3 Å². The van der Waals surface area contributed by atoms with E-state index in [0.717, 1.165) is 43.4 Å². The highest BCUT2D eigenvalue weighted by atomic mass is 35.5. The summed E-state index contributed by atoms with van der Waals surface area (Å²) in [6.45, 7) is 2.08. The fraction of sp³-hybridized carbons (Fsp3) is 0.583. The van der Waals surface area contributed by atoms with Crippen molar-refractivity contribution < 1.29 is 5.11 Å². The topological polar surface area (TPSA) is 33.1 Å². The van der Waals surface area contributed by atoms with Gasteiger partial charge in [0, 0.05) is 0 Å². The summed E-state index contributed by atoms with van der Waals surface area (Å²) in [6, 6.07) is 3.79. The van der Waals surface area contributed by atoms with Crippen LogP contribution in [-0.4, -0.2) is 10.1 Å². The number of aryl methyl sites for hydroxylation is 1. The molecule has 3 heteroatoms. The summed E-state index contributed by atoms with van der Waals surface area (Å²) in [7, 11) is 0. The van der Waals surface area contributed by atoms with E-state index in [2.05, 4.69) is 11.9 Å². The summed E-state index contributed by atoms with van der Waals surface area (Å²) >= 11 is 5.88. The standard InChI is InChI=1S/C12H16ClNO/c1-2-7-12(15)8-3-4-9-5-6-10(13)14-11(9)12/h5-6,15H,2-4,7-8H2,1H3. The van der Waals surface area contributed by atoms with Crippen molar-refractivity contribution in [2.24, 2.45) is 0 Å². The van der Waals surface area contributed by atoms with E-state index in [1.165, 1.54) is 0 Å². The maximum Gasteiger partial charge on any atom is 0.129 e. The van der Waals surface area contributed by atoms with E-state index >= 15 is 0 Å². The van der Waals surface area contributed by atoms with Crippen LogP contribution in [0.1, 0.15) is 43.9 Å². The van der Waals surface area contributed by atoms with Gasteiger partial charge in [0.15, 0.2) is 0 Å². The molecule has 0 spiro atoms. The van der Waals surface area contributed by atoms with Crippen LogP contribution in [0, 0.1) is 0 Å². The zero-order chi connectivity index (χ0) is 10.9. The summed E-state index contributed by atoms with van der Waals surface area (Å²) < 4.78 is 0. The fourth-order valence-electron chi connectivity index (χ4n) is 2.42. The second kappa shape index (κ2) is 4.11. The van der Waals surface area contributed by atoms with Crippen LogP contribution in [0.15, 0.2) is 12.1 Å². The average molecular weight is 226 g/mol. The molecule has 2 nitrogen and oxygen atoms in total. The number of aliphatic hydroxyl groups is 1. The van der Waals surface area contributed by atoms with Gasteiger partial charge in [-0.15, -0.1) is 0 Å². The second-order valence-corrected chi connectivity index (χ2v) is 4.66. The number of hydrogen-bond acceptors (Lipinski definition) is 2. The third-order valence-corrected chi connectivity index (χ3v) is 3.30. The Hall–Kier alpha value is -0.600. The van der Waals surface area contributed by atoms with E-state index in [9.17, 15) is 5.11 Å². The first-order chi connectivity index (χ1) is 7.15. The van der Waals surface area contributed by atoms with Crippen LogP contribution in [0.5, 0.6) is 0 Å². The lowest BCUT2D eigenvalue weighted by Crippen LogP contribution is -2.31. The van der Waals surface area contributed by atoms with Crippen molar-refractivity contribution in [1.82, 2.24) is 4.98 Å². The lowest BCUT2D eigenvalue weighted by molar-refractivity contribution is 0.00491. The summed E-state index contributed by atoms with van der Waals surface area (Å²) in [5.74, 6) is 0. The minimum Gasteiger partial charge on any atom is -0.384 e. The van der Waals surface area contributed by atoms with Crippen molar-refractivity contribution in [3.05, 3.63) is 28.5 Å². The minimum atomic E-state index is -0.743. The molecule has 0 amide bonds. The van der Waals surface area contributed by atoms with Crippen LogP contribution in [0.2, 0.25) is 5.15 Å². The van der Waals surface area contributed by atoms with Crippen LogP contribution in [-0.2, 0) is 12.0 Å². The number of hydrogen-bond donors (Lipinski definition) is 1. The van der Waals surface area contributed by atoms with Crippen molar-refractivity contribution in [1.29, 1.82) is 0 Å². The highest BCUT2D eigenvalue weighted by Gasteiger charge is 2.34. The number of fused-ring (bicyclic) bond motifs is 1. The van der Waals surface area contributed by atoms with Gasteiger partial charge < -0.3 is 5.11 Å². The maximum atomic E-state index is 10.5. The van der Waals surface area contributed by atoms with Crippen LogP contribution in [0.25, 0.3) is 0 Å². The first-order valence-corrected chi connectivity index (χ1v) is 5.92. The molecule has 1 N–H and O–H groups in total. The van der Waals surface area contributed by atoms with Gasteiger partial charge in [-0.3, -0.25) is 0 Å². The Bertz CT molecular complexity index is 367. The zero-order valence-electron chi connectivity index (χ0n) is 8.96. The molecule has 15 heavy (non-hydrogen) atoms. The van der Waals surface area contributed by atoms with Crippen LogP contribution >= 0.6 is 11.6 Å². The van der Waals surface area contributed by atoms with Gasteiger partial charge in [0.05, 0.1) is 5.69 Å². The Morgan fingerprint density at radius 1 is 1.53 bits per heavy atom. The predicted octanol–water partition coefficient (Wildman–Crippen LogP) is 3.06. The third-order valence-electron chi connectivity index (χ3n) is 3.09. The molecule has 0 bridgehead atoms. The molecule has 0 saturated carbocycles. The van der Waals surface area contributed by atoms with Crippen LogP contribution in [0.3, 0.4) is 0 Å². The van der Waals surface area contributed by atoms with Crippen molar-refractivity contribution in [3.63, 3.8) is 0 Å². The minimum absolute atomic E-state index is 0.477. The number of aromatic nitrogens is 1. The highest BCUT2D eigenvalue weighted by molar-refractivity contribution is 6.29. The van der Waals surface area contributed by atoms with E-state index in [4.69, 9.17) is 11.6 Å². The SMILES string of the molecule is CCCC1(O)CCCc2ccc(Cl)nc21. The summed E-state index contributed by atoms with van der Waals surface area (Å²) in [4.78, 5) is 4.30. The molecule has 1 heterocycles. The fourth-order valence-corrected chi connectivity index (χ4v) is 2.56. The third kappa shape index (κ3) is 2.01. The Labute approximate surface area is 95.3 Å². The summed E-state index contributed by atoms with van der Waals surface area (Å²) in [5.41, 5.74) is 1.22. The molecule has 1 aromatic rings. The average Bonchev–Trinajstić information content (AvgIpc) is 2.20. The lowest BCUT2D eigenvalue weighted by atomic mass is 9.80. The quantitative estimate of drug-likeness (QED) is 0.785. The van der Waals surface area contributed by atoms with E-state index in [-0.39, 0.29) is 0 Å². The smallest absolute Gasteiger partial charge is 0.129 e.